The van der Waals surface area contributed by atoms with Crippen LogP contribution in [0.5, 0.6) is 23.0 Å². The third kappa shape index (κ3) is 7.16. The van der Waals surface area contributed by atoms with Crippen LogP contribution in [-0.2, 0) is 17.8 Å². The van der Waals surface area contributed by atoms with E-state index in [0.717, 1.165) is 35.4 Å². The van der Waals surface area contributed by atoms with Crippen molar-refractivity contribution in [2.75, 3.05) is 0 Å². The van der Waals surface area contributed by atoms with Crippen molar-refractivity contribution in [1.82, 2.24) is 0 Å². The van der Waals surface area contributed by atoms with Gasteiger partial charge in [0.15, 0.2) is 0 Å². The van der Waals surface area contributed by atoms with E-state index in [0.29, 0.717) is 34.4 Å². The summed E-state index contributed by atoms with van der Waals surface area (Å²) in [5, 5.41) is 22.1. The highest BCUT2D eigenvalue weighted by Crippen LogP contribution is 2.45. The second-order valence-corrected chi connectivity index (χ2v) is 11.6. The third-order valence-corrected chi connectivity index (χ3v) is 7.75. The number of rotatable bonds is 8. The van der Waals surface area contributed by atoms with Crippen LogP contribution in [0.3, 0.4) is 0 Å². The average molecular weight is 663 g/mol. The SMILES string of the molecule is Cc1cc(C(C)(C)c2cc(C)c(Oc3ccc([N+](=O)[O-])cc3C(F)(F)F)c(C)c2)cc(C)c1Oc1ccc([N+](=O)[O-])cc1C(F)(F)F. The van der Waals surface area contributed by atoms with Crippen LogP contribution in [0.4, 0.5) is 37.7 Å². The molecule has 0 aliphatic heterocycles. The lowest BCUT2D eigenvalue weighted by Gasteiger charge is -2.29. The Labute approximate surface area is 264 Å². The highest BCUT2D eigenvalue weighted by Gasteiger charge is 2.38. The number of hydrogen-bond acceptors (Lipinski definition) is 6. The number of nitro benzene ring substituents is 2. The van der Waals surface area contributed by atoms with Gasteiger partial charge in [-0.2, -0.15) is 26.3 Å². The van der Waals surface area contributed by atoms with E-state index in [2.05, 4.69) is 0 Å². The number of benzene rings is 4. The molecular formula is C33H28F6N2O6. The first-order chi connectivity index (χ1) is 21.6. The van der Waals surface area contributed by atoms with Gasteiger partial charge in [-0.05, 0) is 73.2 Å². The van der Waals surface area contributed by atoms with Crippen molar-refractivity contribution in [3.8, 4) is 23.0 Å². The zero-order valence-corrected chi connectivity index (χ0v) is 25.9. The number of non-ortho nitro benzene ring substituents is 2. The fourth-order valence-electron chi connectivity index (χ4n) is 5.21. The fraction of sp³-hybridized carbons (Fsp3) is 0.273. The van der Waals surface area contributed by atoms with Gasteiger partial charge >= 0.3 is 12.4 Å². The van der Waals surface area contributed by atoms with Gasteiger partial charge in [-0.15, -0.1) is 0 Å². The Hall–Kier alpha value is -5.14. The number of hydrogen-bond donors (Lipinski definition) is 0. The van der Waals surface area contributed by atoms with Gasteiger partial charge < -0.3 is 9.47 Å². The number of nitrogens with zero attached hydrogens (tertiary/aromatic N) is 2. The molecule has 0 bridgehead atoms. The molecular weight excluding hydrogens is 634 g/mol. The third-order valence-electron chi connectivity index (χ3n) is 7.75. The second kappa shape index (κ2) is 12.2. The Kier molecular flexibility index (Phi) is 9.04. The van der Waals surface area contributed by atoms with Crippen molar-refractivity contribution >= 4 is 11.4 Å². The van der Waals surface area contributed by atoms with Crippen LogP contribution in [0.15, 0.2) is 60.7 Å². The normalized spacial score (nSPS) is 12.2. The van der Waals surface area contributed by atoms with Gasteiger partial charge in [0.25, 0.3) is 11.4 Å². The average Bonchev–Trinajstić information content (AvgIpc) is 2.95. The van der Waals surface area contributed by atoms with Gasteiger partial charge in [0.2, 0.25) is 0 Å². The van der Waals surface area contributed by atoms with Crippen LogP contribution in [0.1, 0.15) is 58.4 Å². The van der Waals surface area contributed by atoms with Crippen LogP contribution in [0, 0.1) is 47.9 Å². The molecule has 0 atom stereocenters. The summed E-state index contributed by atoms with van der Waals surface area (Å²) in [4.78, 5) is 20.3. The summed E-state index contributed by atoms with van der Waals surface area (Å²) in [5.74, 6) is -0.901. The molecule has 4 aromatic rings. The van der Waals surface area contributed by atoms with Crippen LogP contribution in [0.25, 0.3) is 0 Å². The van der Waals surface area contributed by atoms with Crippen molar-refractivity contribution in [3.05, 3.63) is 125 Å². The van der Waals surface area contributed by atoms with E-state index in [1.54, 1.807) is 52.0 Å². The number of alkyl halides is 6. The molecule has 4 rings (SSSR count). The minimum Gasteiger partial charge on any atom is -0.456 e. The minimum absolute atomic E-state index is 0.142. The Morgan fingerprint density at radius 3 is 1.11 bits per heavy atom. The van der Waals surface area contributed by atoms with Crippen molar-refractivity contribution in [3.63, 3.8) is 0 Å². The first-order valence-corrected chi connectivity index (χ1v) is 13.9. The van der Waals surface area contributed by atoms with E-state index in [-0.39, 0.29) is 11.5 Å². The van der Waals surface area contributed by atoms with Crippen molar-refractivity contribution in [2.24, 2.45) is 0 Å². The quantitative estimate of drug-likeness (QED) is 0.106. The Morgan fingerprint density at radius 2 is 0.851 bits per heavy atom. The zero-order chi connectivity index (χ0) is 35.2. The minimum atomic E-state index is -4.91. The molecule has 0 aromatic heterocycles. The molecule has 0 spiro atoms. The standard InChI is InChI=1S/C33H28F6N2O6/c1-17-11-21(12-18(2)29(17)46-27-9-7-23(40(42)43)15-25(27)32(34,35)36)31(5,6)22-13-19(3)30(20(4)14-22)47-28-10-8-24(41(44)45)16-26(28)33(37,38)39/h7-16H,1-6H3. The summed E-state index contributed by atoms with van der Waals surface area (Å²) in [6.07, 6.45) is -9.83. The number of halogens is 6. The molecule has 0 aliphatic rings. The maximum Gasteiger partial charge on any atom is 0.420 e. The van der Waals surface area contributed by atoms with Crippen LogP contribution in [-0.4, -0.2) is 9.85 Å². The van der Waals surface area contributed by atoms with Crippen molar-refractivity contribution < 1.29 is 45.7 Å². The predicted octanol–water partition coefficient (Wildman–Crippen LogP) is 10.7. The summed E-state index contributed by atoms with van der Waals surface area (Å²) in [6.45, 7) is 10.4. The summed E-state index contributed by atoms with van der Waals surface area (Å²) >= 11 is 0. The van der Waals surface area contributed by atoms with Crippen LogP contribution < -0.4 is 9.47 Å². The summed E-state index contributed by atoms with van der Waals surface area (Å²) in [5.41, 5.74) is -1.30. The molecule has 248 valence electrons. The lowest BCUT2D eigenvalue weighted by Crippen LogP contribution is -2.20. The molecule has 0 aliphatic carbocycles. The molecule has 0 saturated carbocycles. The van der Waals surface area contributed by atoms with Crippen molar-refractivity contribution in [1.29, 1.82) is 0 Å². The monoisotopic (exact) mass is 662 g/mol. The largest absolute Gasteiger partial charge is 0.456 e. The fourth-order valence-corrected chi connectivity index (χ4v) is 5.21. The summed E-state index contributed by atoms with van der Waals surface area (Å²) in [7, 11) is 0. The molecule has 0 heterocycles. The number of ether oxygens (including phenoxy) is 2. The maximum absolute atomic E-state index is 13.8. The van der Waals surface area contributed by atoms with Crippen LogP contribution in [0.2, 0.25) is 0 Å². The van der Waals surface area contributed by atoms with Gasteiger partial charge in [0.1, 0.15) is 34.1 Å². The smallest absolute Gasteiger partial charge is 0.420 e. The molecule has 0 fully saturated rings. The number of aryl methyl sites for hydroxylation is 4. The van der Waals surface area contributed by atoms with Gasteiger partial charge in [-0.25, -0.2) is 0 Å². The van der Waals surface area contributed by atoms with Gasteiger partial charge in [0, 0.05) is 29.7 Å². The topological polar surface area (TPSA) is 105 Å². The van der Waals surface area contributed by atoms with Crippen LogP contribution >= 0.6 is 0 Å². The molecule has 47 heavy (non-hydrogen) atoms. The molecule has 0 amide bonds. The van der Waals surface area contributed by atoms with Gasteiger partial charge in [-0.1, -0.05) is 38.1 Å². The molecule has 8 nitrogen and oxygen atoms in total. The second-order valence-electron chi connectivity index (χ2n) is 11.6. The van der Waals surface area contributed by atoms with Crippen molar-refractivity contribution in [2.45, 2.75) is 59.3 Å². The molecule has 0 N–H and O–H groups in total. The molecule has 4 aromatic carbocycles. The van der Waals surface area contributed by atoms with E-state index < -0.39 is 61.6 Å². The summed E-state index contributed by atoms with van der Waals surface area (Å²) < 4.78 is 93.9. The molecule has 0 unspecified atom stereocenters. The maximum atomic E-state index is 13.8. The van der Waals surface area contributed by atoms with E-state index in [1.165, 1.54) is 0 Å². The van der Waals surface area contributed by atoms with E-state index in [1.807, 2.05) is 13.8 Å². The van der Waals surface area contributed by atoms with E-state index in [9.17, 15) is 46.6 Å². The lowest BCUT2D eigenvalue weighted by molar-refractivity contribution is -0.385. The molecule has 0 radical (unpaired) electrons. The molecule has 0 saturated heterocycles. The lowest BCUT2D eigenvalue weighted by atomic mass is 9.76. The Bertz CT molecular complexity index is 1720. The number of nitro groups is 2. The van der Waals surface area contributed by atoms with Gasteiger partial charge in [-0.3, -0.25) is 20.2 Å². The van der Waals surface area contributed by atoms with E-state index >= 15 is 0 Å². The van der Waals surface area contributed by atoms with E-state index in [4.69, 9.17) is 9.47 Å². The summed E-state index contributed by atoms with van der Waals surface area (Å²) in [6, 6.07) is 11.5. The first-order valence-electron chi connectivity index (χ1n) is 13.9. The Morgan fingerprint density at radius 1 is 0.553 bits per heavy atom. The van der Waals surface area contributed by atoms with Gasteiger partial charge in [0.05, 0.1) is 9.85 Å². The zero-order valence-electron chi connectivity index (χ0n) is 25.9. The molecule has 14 heteroatoms. The Balaban J connectivity index is 1.70. The highest BCUT2D eigenvalue weighted by molar-refractivity contribution is 5.56. The highest BCUT2D eigenvalue weighted by atomic mass is 19.4. The first kappa shape index (κ1) is 34.7. The predicted molar refractivity (Wildman–Crippen MR) is 160 cm³/mol.